The number of carbonyl (C=O) groups is 4. The lowest BCUT2D eigenvalue weighted by Crippen LogP contribution is -2.64. The summed E-state index contributed by atoms with van der Waals surface area (Å²) in [7, 11) is -3.37. The number of rotatable bonds is 14. The summed E-state index contributed by atoms with van der Waals surface area (Å²) in [6.07, 6.45) is 3.61. The first-order valence-corrected chi connectivity index (χ1v) is 18.1. The van der Waals surface area contributed by atoms with Gasteiger partial charge in [0.25, 0.3) is 5.91 Å². The van der Waals surface area contributed by atoms with Crippen molar-refractivity contribution in [2.75, 3.05) is 31.9 Å². The van der Waals surface area contributed by atoms with Crippen molar-refractivity contribution in [2.45, 2.75) is 111 Å². The fourth-order valence-electron chi connectivity index (χ4n) is 6.17. The fourth-order valence-corrected chi connectivity index (χ4v) is 7.71. The summed E-state index contributed by atoms with van der Waals surface area (Å²) in [5, 5.41) is 23.0. The number of aliphatic hydroxyl groups excluding tert-OH is 1. The molecule has 3 aliphatic rings. The second-order valence-electron chi connectivity index (χ2n) is 15.4. The van der Waals surface area contributed by atoms with E-state index in [4.69, 9.17) is 0 Å². The predicted molar refractivity (Wildman–Crippen MR) is 176 cm³/mol. The number of Topliss-reactive ketones (excluding diaryl/α,β-unsaturated/α-hetero) is 1. The molecule has 14 heteroatoms. The van der Waals surface area contributed by atoms with Gasteiger partial charge < -0.3 is 26.4 Å². The lowest BCUT2D eigenvalue weighted by Gasteiger charge is -2.42. The minimum absolute atomic E-state index is 0.0926. The molecule has 5 N–H and O–H groups in total. The number of sulfonamides is 1. The Bertz CT molecular complexity index is 1240. The van der Waals surface area contributed by atoms with Crippen LogP contribution in [0.1, 0.15) is 80.6 Å². The molecule has 2 unspecified atom stereocenters. The van der Waals surface area contributed by atoms with Crippen LogP contribution in [0.5, 0.6) is 0 Å². The number of carbonyl (C=O) groups excluding carboxylic acids is 4. The van der Waals surface area contributed by atoms with E-state index >= 15 is 0 Å². The van der Waals surface area contributed by atoms with Crippen LogP contribution >= 0.6 is 0 Å². The van der Waals surface area contributed by atoms with Crippen LogP contribution in [0.15, 0.2) is 12.7 Å². The minimum atomic E-state index is -3.37. The molecule has 0 spiro atoms. The Labute approximate surface area is 274 Å². The molecular formula is C32H56N6O7S. The van der Waals surface area contributed by atoms with Gasteiger partial charge in [0.05, 0.1) is 23.9 Å². The maximum atomic E-state index is 13.8. The summed E-state index contributed by atoms with van der Waals surface area (Å²) in [6.45, 7) is 17.9. The van der Waals surface area contributed by atoms with Gasteiger partial charge >= 0.3 is 6.03 Å². The molecule has 0 radical (unpaired) electrons. The molecule has 0 aromatic heterocycles. The van der Waals surface area contributed by atoms with E-state index in [1.165, 1.54) is 10.4 Å². The second kappa shape index (κ2) is 15.1. The Balaban J connectivity index is 1.76. The van der Waals surface area contributed by atoms with Crippen molar-refractivity contribution in [3.8, 4) is 0 Å². The zero-order valence-electron chi connectivity index (χ0n) is 28.6. The summed E-state index contributed by atoms with van der Waals surface area (Å²) < 4.78 is 26.4. The van der Waals surface area contributed by atoms with Gasteiger partial charge in [-0.15, -0.1) is 6.58 Å². The van der Waals surface area contributed by atoms with Crippen LogP contribution in [0, 0.1) is 22.7 Å². The maximum Gasteiger partial charge on any atom is 0.315 e. The number of likely N-dealkylation sites (tertiary alicyclic amines) is 1. The van der Waals surface area contributed by atoms with Crippen LogP contribution in [0.3, 0.4) is 0 Å². The van der Waals surface area contributed by atoms with E-state index in [9.17, 15) is 32.7 Å². The van der Waals surface area contributed by atoms with Gasteiger partial charge in [0, 0.05) is 32.2 Å². The smallest absolute Gasteiger partial charge is 0.315 e. The van der Waals surface area contributed by atoms with E-state index < -0.39 is 74.9 Å². The first-order chi connectivity index (χ1) is 21.3. The van der Waals surface area contributed by atoms with Crippen LogP contribution in [0.25, 0.3) is 0 Å². The molecule has 4 amide bonds. The maximum absolute atomic E-state index is 13.8. The molecule has 2 aliphatic heterocycles. The minimum Gasteiger partial charge on any atom is -0.376 e. The highest BCUT2D eigenvalue weighted by Crippen LogP contribution is 2.35. The normalized spacial score (nSPS) is 24.8. The zero-order chi connectivity index (χ0) is 34.6. The topological polar surface area (TPSA) is 177 Å². The summed E-state index contributed by atoms with van der Waals surface area (Å²) in [5.74, 6) is -1.74. The third-order valence-electron chi connectivity index (χ3n) is 9.33. The number of ketones is 1. The number of hydrogen-bond acceptors (Lipinski definition) is 8. The summed E-state index contributed by atoms with van der Waals surface area (Å²) in [5.41, 5.74) is -1.11. The molecule has 3 fully saturated rings. The zero-order valence-corrected chi connectivity index (χ0v) is 29.4. The van der Waals surface area contributed by atoms with E-state index in [1.807, 2.05) is 48.5 Å². The average molecular weight is 669 g/mol. The van der Waals surface area contributed by atoms with Crippen LogP contribution in [0.4, 0.5) is 4.79 Å². The summed E-state index contributed by atoms with van der Waals surface area (Å²) >= 11 is 0. The highest BCUT2D eigenvalue weighted by atomic mass is 32.2. The van der Waals surface area contributed by atoms with Crippen molar-refractivity contribution in [3.05, 3.63) is 12.7 Å². The molecule has 0 bridgehead atoms. The SMILES string of the molecule is C=CCNC(=O)C(=O)C(CC1CC1)NC(=O)[C@@H]1[C@@H](C)CCN1C(O)[C@@H](NC(=O)N[C@H](CN1CCCS1(=O)=O)C(C)(C)C)C(C)(C)C. The lowest BCUT2D eigenvalue weighted by atomic mass is 9.84. The van der Waals surface area contributed by atoms with E-state index in [2.05, 4.69) is 27.8 Å². The Hall–Kier alpha value is -2.55. The van der Waals surface area contributed by atoms with Crippen LogP contribution < -0.4 is 21.3 Å². The molecule has 6 atom stereocenters. The molecule has 0 aromatic rings. The van der Waals surface area contributed by atoms with Gasteiger partial charge in [-0.1, -0.05) is 67.4 Å². The quantitative estimate of drug-likeness (QED) is 0.136. The van der Waals surface area contributed by atoms with E-state index in [0.717, 1.165) is 12.8 Å². The van der Waals surface area contributed by atoms with Crippen molar-refractivity contribution >= 4 is 33.7 Å². The third-order valence-corrected chi connectivity index (χ3v) is 11.3. The second-order valence-corrected chi connectivity index (χ2v) is 17.5. The Morgan fingerprint density at radius 3 is 2.15 bits per heavy atom. The van der Waals surface area contributed by atoms with Gasteiger partial charge in [-0.2, -0.15) is 4.31 Å². The Morgan fingerprint density at radius 2 is 1.63 bits per heavy atom. The predicted octanol–water partition coefficient (Wildman–Crippen LogP) is 1.34. The number of aliphatic hydroxyl groups is 1. The monoisotopic (exact) mass is 668 g/mol. The van der Waals surface area contributed by atoms with Crippen molar-refractivity contribution in [1.29, 1.82) is 0 Å². The molecule has 0 aromatic carbocycles. The molecule has 13 nitrogen and oxygen atoms in total. The van der Waals surface area contributed by atoms with E-state index in [1.54, 1.807) is 4.90 Å². The standard InChI is InChI=1S/C32H56N6O7S/c1-9-14-33-28(41)25(39)22(18-21-11-12-21)34-27(40)24-20(2)13-16-38(24)29(42)26(32(6,7)8)36-30(43)35-23(31(3,4)5)19-37-15-10-17-46(37,44)45/h9,20-24,26,29,42H,1,10-19H2,2-8H3,(H,33,41)(H,34,40)(H2,35,36,43)/t20-,22?,23+,24-,26+,29?/m0/s1. The number of nitrogens with zero attached hydrogens (tertiary/aromatic N) is 2. The van der Waals surface area contributed by atoms with Gasteiger partial charge in [-0.05, 0) is 41.9 Å². The van der Waals surface area contributed by atoms with Crippen molar-refractivity contribution in [1.82, 2.24) is 30.5 Å². The molecule has 262 valence electrons. The average Bonchev–Trinajstić information content (AvgIpc) is 3.58. The number of hydrogen-bond donors (Lipinski definition) is 5. The molecule has 2 heterocycles. The Morgan fingerprint density at radius 1 is 0.978 bits per heavy atom. The highest BCUT2D eigenvalue weighted by molar-refractivity contribution is 7.89. The van der Waals surface area contributed by atoms with Gasteiger partial charge in [0.1, 0.15) is 6.23 Å². The number of amides is 4. The lowest BCUT2D eigenvalue weighted by molar-refractivity contribution is -0.142. The molecule has 2 saturated heterocycles. The van der Waals surface area contributed by atoms with Crippen molar-refractivity contribution < 1.29 is 32.7 Å². The van der Waals surface area contributed by atoms with Gasteiger partial charge in [-0.25, -0.2) is 13.2 Å². The molecular weight excluding hydrogens is 612 g/mol. The van der Waals surface area contributed by atoms with Crippen molar-refractivity contribution in [3.63, 3.8) is 0 Å². The van der Waals surface area contributed by atoms with Gasteiger partial charge in [0.2, 0.25) is 21.7 Å². The number of nitrogens with one attached hydrogen (secondary N) is 4. The van der Waals surface area contributed by atoms with E-state index in [-0.39, 0.29) is 30.7 Å². The molecule has 46 heavy (non-hydrogen) atoms. The van der Waals surface area contributed by atoms with Gasteiger partial charge in [0.15, 0.2) is 0 Å². The van der Waals surface area contributed by atoms with Crippen molar-refractivity contribution in [2.24, 2.45) is 22.7 Å². The number of urea groups is 1. The summed E-state index contributed by atoms with van der Waals surface area (Å²) in [4.78, 5) is 54.4. The Kier molecular flexibility index (Phi) is 12.5. The largest absolute Gasteiger partial charge is 0.376 e. The molecule has 3 rings (SSSR count). The highest BCUT2D eigenvalue weighted by Gasteiger charge is 2.47. The molecule has 1 aliphatic carbocycles. The van der Waals surface area contributed by atoms with Gasteiger partial charge in [-0.3, -0.25) is 19.3 Å². The fraction of sp³-hybridized carbons (Fsp3) is 0.812. The van der Waals surface area contributed by atoms with Crippen LogP contribution in [-0.4, -0.2) is 109 Å². The first kappa shape index (κ1) is 37.9. The third kappa shape index (κ3) is 9.98. The van der Waals surface area contributed by atoms with Crippen LogP contribution in [-0.2, 0) is 24.4 Å². The first-order valence-electron chi connectivity index (χ1n) is 16.5. The van der Waals surface area contributed by atoms with Crippen LogP contribution in [0.2, 0.25) is 0 Å². The van der Waals surface area contributed by atoms with E-state index in [0.29, 0.717) is 32.4 Å². The summed E-state index contributed by atoms with van der Waals surface area (Å²) in [6, 6.07) is -3.65. The molecule has 1 saturated carbocycles.